The summed E-state index contributed by atoms with van der Waals surface area (Å²) in [6, 6.07) is 29.6. The van der Waals surface area contributed by atoms with Crippen LogP contribution in [0, 0.1) is 11.8 Å². The minimum atomic E-state index is -4.43. The molecule has 3 aliphatic carbocycles. The normalized spacial score (nSPS) is 18.9. The van der Waals surface area contributed by atoms with Crippen LogP contribution in [0.3, 0.4) is 0 Å². The second-order valence-electron chi connectivity index (χ2n) is 34.6. The number of aryl methyl sites for hydroxylation is 2. The number of urea groups is 3. The first-order valence-corrected chi connectivity index (χ1v) is 51.3. The second-order valence-corrected chi connectivity index (χ2v) is 44.2. The third-order valence-electron chi connectivity index (χ3n) is 23.8. The summed E-state index contributed by atoms with van der Waals surface area (Å²) in [6.45, 7) is 2.74. The van der Waals surface area contributed by atoms with Crippen LogP contribution in [0.1, 0.15) is 126 Å². The molecule has 0 radical (unpaired) electrons. The molecule has 10 N–H and O–H groups in total. The van der Waals surface area contributed by atoms with Gasteiger partial charge in [0.25, 0.3) is 51.0 Å². The van der Waals surface area contributed by atoms with E-state index >= 15 is 0 Å². The van der Waals surface area contributed by atoms with Gasteiger partial charge in [0.1, 0.15) is 22.5 Å². The van der Waals surface area contributed by atoms with E-state index in [-0.39, 0.29) is 78.4 Å². The first kappa shape index (κ1) is 105. The molecular formula is C87H119F3N18O22S5. The van der Waals surface area contributed by atoms with Gasteiger partial charge in [-0.15, -0.1) is 0 Å². The van der Waals surface area contributed by atoms with Crippen LogP contribution in [0.2, 0.25) is 0 Å². The van der Waals surface area contributed by atoms with Crippen LogP contribution in [0.4, 0.5) is 56.0 Å². The molecule has 4 aliphatic heterocycles. The number of anilines is 5. The average Bonchev–Trinajstić information content (AvgIpc) is 1.64. The zero-order valence-electron chi connectivity index (χ0n) is 76.7. The molecule has 2 saturated carbocycles. The van der Waals surface area contributed by atoms with Crippen molar-refractivity contribution in [3.8, 4) is 11.5 Å². The van der Waals surface area contributed by atoms with Gasteiger partial charge in [0.15, 0.2) is 11.5 Å². The summed E-state index contributed by atoms with van der Waals surface area (Å²) in [7, 11) is -2.60. The summed E-state index contributed by atoms with van der Waals surface area (Å²) in [4.78, 5) is 89.6. The number of halogens is 3. The summed E-state index contributed by atoms with van der Waals surface area (Å²) >= 11 is 0. The Morgan fingerprint density at radius 1 is 0.348 bits per heavy atom. The summed E-state index contributed by atoms with van der Waals surface area (Å²) in [5.41, 5.74) is 4.41. The van der Waals surface area contributed by atoms with Crippen LogP contribution in [-0.2, 0) is 79.7 Å². The number of nitrogens with zero attached hydrogens (tertiary/aromatic N) is 8. The number of nitrogens with one attached hydrogen (secondary N) is 10. The van der Waals surface area contributed by atoms with Gasteiger partial charge in [0.2, 0.25) is 18.6 Å². The topological polar surface area (TPSA) is 494 Å². The van der Waals surface area contributed by atoms with Crippen molar-refractivity contribution in [2.45, 2.75) is 158 Å². The number of amides is 8. The Bertz CT molecular complexity index is 6050. The number of ether oxygens (including phenoxy) is 2. The van der Waals surface area contributed by atoms with Crippen LogP contribution in [0.15, 0.2) is 144 Å². The fourth-order valence-corrected chi connectivity index (χ4v) is 20.1. The summed E-state index contributed by atoms with van der Waals surface area (Å²) in [5.74, 6) is 2.04. The Kier molecular flexibility index (Phi) is 35.9. The first-order chi connectivity index (χ1) is 63.7. The van der Waals surface area contributed by atoms with Gasteiger partial charge in [0, 0.05) is 227 Å². The summed E-state index contributed by atoms with van der Waals surface area (Å²) in [5, 5.41) is 16.7. The number of hydrogen-bond acceptors (Lipinski definition) is 22. The first-order valence-electron chi connectivity index (χ1n) is 44.1. The molecule has 0 spiro atoms. The number of piperidine rings is 3. The number of alkyl halides is 3. The molecule has 5 fully saturated rings. The van der Waals surface area contributed by atoms with Crippen LogP contribution >= 0.6 is 0 Å². The third kappa shape index (κ3) is 30.0. The molecule has 8 amide bonds. The number of hydrogen-bond donors (Lipinski definition) is 10. The van der Waals surface area contributed by atoms with Crippen LogP contribution in [-0.4, -0.2) is 255 Å². The average molecular weight is 1990 g/mol. The lowest BCUT2D eigenvalue weighted by atomic mass is 9.86. The number of likely N-dealkylation sites (tertiary alicyclic amines) is 3. The van der Waals surface area contributed by atoms with E-state index in [0.717, 1.165) is 70.0 Å². The van der Waals surface area contributed by atoms with Gasteiger partial charge in [-0.05, 0) is 212 Å². The van der Waals surface area contributed by atoms with E-state index in [1.807, 2.05) is 18.2 Å². The lowest BCUT2D eigenvalue weighted by Gasteiger charge is -2.32. The molecular weight excluding hydrogens is 1870 g/mol. The van der Waals surface area contributed by atoms with Crippen molar-refractivity contribution in [1.29, 1.82) is 0 Å². The van der Waals surface area contributed by atoms with E-state index in [4.69, 9.17) is 22.7 Å². The quantitative estimate of drug-likeness (QED) is 0.0223. The predicted octanol–water partition coefficient (Wildman–Crippen LogP) is 9.37. The molecule has 8 aromatic rings. The summed E-state index contributed by atoms with van der Waals surface area (Å²) < 4.78 is 202. The lowest BCUT2D eigenvalue weighted by molar-refractivity contribution is -0.137. The maximum atomic E-state index is 12.8. The predicted molar refractivity (Wildman–Crippen MR) is 505 cm³/mol. The SMILES string of the molecule is CN(C)S(=O)(=O)NC1CCC(C(=O)Nc2ccc3oc(=O)ccc3c2)CC1.CN(C)S(=O)(=O)NC1CCC(C(=O)Nc2ccc3oc4c(c3c2)CCCCC4)CC1.CN(C)S(=O)(=O)NC1CCN(C(=O)Nc2ccc(C(F)(F)F)cc2)CC1.CN(C)S(=O)(=O)NC1CCN(C(=O)Nc2ccc3c(c2)OCO3)CC1.CN(C)S(=O)(=O)NC1CCN(C(=O)Nc2ccc3oc(=O)ccc3c2)CC1. The molecule has 3 aromatic heterocycles. The van der Waals surface area contributed by atoms with Gasteiger partial charge in [-0.3, -0.25) is 9.59 Å². The number of rotatable bonds is 22. The van der Waals surface area contributed by atoms with E-state index < -0.39 is 80.1 Å². The Hall–Kier alpha value is -10.5. The zero-order valence-corrected chi connectivity index (χ0v) is 80.8. The molecule has 7 heterocycles. The van der Waals surface area contributed by atoms with Gasteiger partial charge in [-0.1, -0.05) is 6.42 Å². The largest absolute Gasteiger partial charge is 0.461 e. The fourth-order valence-electron chi connectivity index (χ4n) is 15.8. The Balaban J connectivity index is 0.000000162. The van der Waals surface area contributed by atoms with E-state index in [0.29, 0.717) is 174 Å². The highest BCUT2D eigenvalue weighted by Gasteiger charge is 2.36. The van der Waals surface area contributed by atoms with Crippen molar-refractivity contribution >= 4 is 142 Å². The number of benzene rings is 5. The highest BCUT2D eigenvalue weighted by molar-refractivity contribution is 7.88. The van der Waals surface area contributed by atoms with Gasteiger partial charge in [-0.2, -0.15) is 100 Å². The van der Waals surface area contributed by atoms with Gasteiger partial charge in [0.05, 0.1) is 5.56 Å². The van der Waals surface area contributed by atoms with Crippen molar-refractivity contribution in [3.05, 3.63) is 159 Å². The highest BCUT2D eigenvalue weighted by atomic mass is 32.2. The minimum Gasteiger partial charge on any atom is -0.461 e. The maximum Gasteiger partial charge on any atom is 0.416 e. The monoisotopic (exact) mass is 1980 g/mol. The molecule has 740 valence electrons. The lowest BCUT2D eigenvalue weighted by Crippen LogP contribution is -2.49. The Morgan fingerprint density at radius 3 is 1.06 bits per heavy atom. The molecule has 0 unspecified atom stereocenters. The van der Waals surface area contributed by atoms with Gasteiger partial charge < -0.3 is 64.0 Å². The molecule has 0 bridgehead atoms. The van der Waals surface area contributed by atoms with Crippen molar-refractivity contribution in [3.63, 3.8) is 0 Å². The molecule has 7 aliphatic rings. The van der Waals surface area contributed by atoms with E-state index in [1.54, 1.807) is 76.5 Å². The molecule has 135 heavy (non-hydrogen) atoms. The van der Waals surface area contributed by atoms with E-state index in [9.17, 15) is 88.8 Å². The maximum absolute atomic E-state index is 12.8. The molecule has 15 rings (SSSR count). The van der Waals surface area contributed by atoms with Crippen LogP contribution < -0.4 is 70.9 Å². The van der Waals surface area contributed by atoms with Gasteiger partial charge in [-0.25, -0.2) is 24.0 Å². The van der Waals surface area contributed by atoms with Crippen molar-refractivity contribution in [1.82, 2.24) is 59.8 Å². The number of fused-ring (bicyclic) bond motifs is 6. The van der Waals surface area contributed by atoms with E-state index in [2.05, 4.69) is 50.2 Å². The number of carbonyl (C=O) groups is 5. The van der Waals surface area contributed by atoms with Crippen molar-refractivity contribution < 1.29 is 102 Å². The van der Waals surface area contributed by atoms with E-state index in [1.165, 1.54) is 129 Å². The molecule has 5 aromatic carbocycles. The van der Waals surface area contributed by atoms with Crippen molar-refractivity contribution in [2.24, 2.45) is 11.8 Å². The molecule has 0 atom stereocenters. The Morgan fingerprint density at radius 2 is 0.674 bits per heavy atom. The third-order valence-corrected chi connectivity index (χ3v) is 31.8. The second kappa shape index (κ2) is 46.1. The number of furan rings is 1. The molecule has 3 saturated heterocycles. The van der Waals surface area contributed by atoms with Crippen molar-refractivity contribution in [2.75, 3.05) is 143 Å². The molecule has 48 heteroatoms. The minimum absolute atomic E-state index is 0.0119. The zero-order chi connectivity index (χ0) is 98.1. The highest BCUT2D eigenvalue weighted by Crippen LogP contribution is 2.38. The van der Waals surface area contributed by atoms with Gasteiger partial charge >= 0.3 is 35.5 Å². The van der Waals surface area contributed by atoms with Crippen LogP contribution in [0.5, 0.6) is 11.5 Å². The molecule has 40 nitrogen and oxygen atoms in total. The standard InChI is InChI=1S/C22H31N3O4S.C18H23N3O5S.C17H22N4O5S.C15H21F3N4O3S.C15H22N4O5S/c1-25(2)30(27,28)24-16-10-8-15(9-11-16)22(26)23-17-12-13-21-19(14-17)18-6-4-3-5-7-20(18)29-21;1-21(2)27(24,25)20-14-6-3-12(4-7-14)18(23)19-15-8-9-16-13(11-15)5-10-17(22)26-16;1-20(2)27(24,25)19-13-7-9-21(10-8-13)17(23)18-14-4-5-15-12(11-14)3-6-16(22)26-15;1-21(2)26(24,25)20-13-7-9-22(10-8-13)14(23)19-12-5-3-11(4-6-12)15(16,17)18;1-18(2)25(21,22)17-11-5-7-19(8-6-11)15(20)16-12-3-4-13-14(9-12)24-10-23-13/h12-16,24H,3-11H2,1-2H3,(H,23,26);5,8-12,14,20H,3-4,6-7H2,1-2H3,(H,19,23);3-6,11,13,19H,7-10H2,1-2H3,(H,18,23);3-6,13,20H,7-10H2,1-2H3,(H,19,23);3-4,9,11,17H,5-8,10H2,1-2H3,(H,16,20). The smallest absolute Gasteiger partial charge is 0.416 e. The number of carbonyl (C=O) groups excluding carboxylic acids is 5. The Labute approximate surface area is 783 Å². The summed E-state index contributed by atoms with van der Waals surface area (Å²) in [6.07, 6.45) is 9.48. The fraction of sp³-hybridized carbons (Fsp3) is 0.506. The van der Waals surface area contributed by atoms with Crippen LogP contribution in [0.25, 0.3) is 32.9 Å².